The molecular weight excluding hydrogens is 318 g/mol. The monoisotopic (exact) mass is 347 g/mol. The SMILES string of the molecule is CCC1=C(CN)CC(C2SC3=C(CC(C)(C)CC3)C2C(=O)O)C=C1. The Morgan fingerprint density at radius 1 is 1.46 bits per heavy atom. The van der Waals surface area contributed by atoms with E-state index in [-0.39, 0.29) is 22.5 Å². The van der Waals surface area contributed by atoms with Crippen molar-refractivity contribution in [3.05, 3.63) is 33.8 Å². The van der Waals surface area contributed by atoms with Gasteiger partial charge in [-0.3, -0.25) is 4.79 Å². The van der Waals surface area contributed by atoms with Gasteiger partial charge in [0.1, 0.15) is 0 Å². The van der Waals surface area contributed by atoms with Crippen molar-refractivity contribution in [1.82, 2.24) is 0 Å². The largest absolute Gasteiger partial charge is 0.481 e. The summed E-state index contributed by atoms with van der Waals surface area (Å²) < 4.78 is 0. The number of thioether (sulfide) groups is 1. The number of hydrogen-bond acceptors (Lipinski definition) is 3. The Balaban J connectivity index is 1.85. The van der Waals surface area contributed by atoms with Gasteiger partial charge in [0.15, 0.2) is 0 Å². The highest BCUT2D eigenvalue weighted by Gasteiger charge is 2.46. The van der Waals surface area contributed by atoms with Crippen molar-refractivity contribution < 1.29 is 9.90 Å². The van der Waals surface area contributed by atoms with E-state index in [0.717, 1.165) is 32.1 Å². The fourth-order valence-corrected chi connectivity index (χ4v) is 6.11. The summed E-state index contributed by atoms with van der Waals surface area (Å²) in [6.45, 7) is 7.26. The van der Waals surface area contributed by atoms with Crippen LogP contribution in [-0.2, 0) is 4.79 Å². The van der Waals surface area contributed by atoms with E-state index in [4.69, 9.17) is 5.73 Å². The molecule has 0 bridgehead atoms. The smallest absolute Gasteiger partial charge is 0.311 e. The summed E-state index contributed by atoms with van der Waals surface area (Å²) in [6.07, 6.45) is 9.49. The molecule has 3 aliphatic rings. The Labute approximate surface area is 149 Å². The minimum Gasteiger partial charge on any atom is -0.481 e. The minimum atomic E-state index is -0.650. The van der Waals surface area contributed by atoms with Gasteiger partial charge in [0.25, 0.3) is 0 Å². The Bertz CT molecular complexity index is 630. The Morgan fingerprint density at radius 3 is 2.83 bits per heavy atom. The lowest BCUT2D eigenvalue weighted by molar-refractivity contribution is -0.140. The number of carboxylic acid groups (broad SMARTS) is 1. The molecule has 3 N–H and O–H groups in total. The summed E-state index contributed by atoms with van der Waals surface area (Å²) in [4.78, 5) is 13.4. The Hall–Kier alpha value is -1.00. The van der Waals surface area contributed by atoms with Crippen LogP contribution < -0.4 is 5.73 Å². The molecule has 132 valence electrons. The van der Waals surface area contributed by atoms with E-state index in [2.05, 4.69) is 32.9 Å². The average molecular weight is 348 g/mol. The van der Waals surface area contributed by atoms with Crippen LogP contribution in [0.2, 0.25) is 0 Å². The van der Waals surface area contributed by atoms with Crippen molar-refractivity contribution in [1.29, 1.82) is 0 Å². The molecule has 0 spiro atoms. The molecule has 0 saturated heterocycles. The summed E-state index contributed by atoms with van der Waals surface area (Å²) in [5, 5.41) is 10.1. The Morgan fingerprint density at radius 2 is 2.21 bits per heavy atom. The molecule has 2 aliphatic carbocycles. The highest BCUT2D eigenvalue weighted by Crippen LogP contribution is 2.56. The van der Waals surface area contributed by atoms with Gasteiger partial charge in [-0.05, 0) is 59.5 Å². The molecule has 0 aromatic rings. The number of allylic oxidation sites excluding steroid dienone is 4. The van der Waals surface area contributed by atoms with Crippen LogP contribution in [0.15, 0.2) is 33.8 Å². The zero-order valence-corrected chi connectivity index (χ0v) is 15.8. The van der Waals surface area contributed by atoms with Gasteiger partial charge in [0, 0.05) is 11.8 Å². The third-order valence-corrected chi connectivity index (χ3v) is 7.48. The lowest BCUT2D eigenvalue weighted by atomic mass is 9.71. The lowest BCUT2D eigenvalue weighted by Gasteiger charge is -2.32. The Kier molecular flexibility index (Phi) is 4.99. The summed E-state index contributed by atoms with van der Waals surface area (Å²) in [5.74, 6) is -0.705. The zero-order valence-electron chi connectivity index (χ0n) is 15.0. The molecule has 3 nitrogen and oxygen atoms in total. The van der Waals surface area contributed by atoms with E-state index in [0.29, 0.717) is 6.54 Å². The van der Waals surface area contributed by atoms with E-state index in [1.54, 1.807) is 0 Å². The van der Waals surface area contributed by atoms with Crippen LogP contribution in [0.5, 0.6) is 0 Å². The first-order valence-corrected chi connectivity index (χ1v) is 9.95. The standard InChI is InChI=1S/C20H29NO2S/c1-4-12-5-6-13(9-14(12)11-21)18-17(19(22)23)15-10-20(2,3)8-7-16(15)24-18/h5-6,13,17-18H,4,7-11,21H2,1-3H3,(H,22,23). The zero-order chi connectivity index (χ0) is 17.5. The van der Waals surface area contributed by atoms with Crippen molar-refractivity contribution in [2.45, 2.75) is 58.1 Å². The molecule has 0 saturated carbocycles. The first kappa shape index (κ1) is 17.8. The van der Waals surface area contributed by atoms with Crippen molar-refractivity contribution in [2.24, 2.45) is 23.0 Å². The number of aliphatic carboxylic acids is 1. The minimum absolute atomic E-state index is 0.123. The first-order valence-electron chi connectivity index (χ1n) is 9.07. The highest BCUT2D eigenvalue weighted by molar-refractivity contribution is 8.04. The molecule has 3 atom stereocenters. The van der Waals surface area contributed by atoms with Crippen LogP contribution in [0.4, 0.5) is 0 Å². The molecule has 1 heterocycles. The molecule has 3 unspecified atom stereocenters. The van der Waals surface area contributed by atoms with Gasteiger partial charge < -0.3 is 10.8 Å². The van der Waals surface area contributed by atoms with Crippen LogP contribution in [0.25, 0.3) is 0 Å². The van der Waals surface area contributed by atoms with E-state index >= 15 is 0 Å². The average Bonchev–Trinajstić information content (AvgIpc) is 2.91. The molecule has 0 aromatic carbocycles. The summed E-state index contributed by atoms with van der Waals surface area (Å²) in [5.41, 5.74) is 10.0. The summed E-state index contributed by atoms with van der Waals surface area (Å²) in [7, 11) is 0. The highest BCUT2D eigenvalue weighted by atomic mass is 32.2. The molecule has 4 heteroatoms. The van der Waals surface area contributed by atoms with Gasteiger partial charge in [-0.15, -0.1) is 11.8 Å². The molecule has 1 aliphatic heterocycles. The number of carboxylic acids is 1. The van der Waals surface area contributed by atoms with Crippen LogP contribution in [0, 0.1) is 17.3 Å². The fraction of sp³-hybridized carbons (Fsp3) is 0.650. The number of hydrogen-bond donors (Lipinski definition) is 2. The maximum atomic E-state index is 12.1. The van der Waals surface area contributed by atoms with Gasteiger partial charge in [0.2, 0.25) is 0 Å². The van der Waals surface area contributed by atoms with Crippen LogP contribution in [0.3, 0.4) is 0 Å². The van der Waals surface area contributed by atoms with Gasteiger partial charge >= 0.3 is 5.97 Å². The fourth-order valence-electron chi connectivity index (χ4n) is 4.44. The van der Waals surface area contributed by atoms with Crippen molar-refractivity contribution >= 4 is 17.7 Å². The number of carbonyl (C=O) groups is 1. The van der Waals surface area contributed by atoms with E-state index in [1.165, 1.54) is 21.6 Å². The number of rotatable bonds is 4. The normalized spacial score (nSPS) is 32.2. The van der Waals surface area contributed by atoms with Crippen molar-refractivity contribution in [3.63, 3.8) is 0 Å². The quantitative estimate of drug-likeness (QED) is 0.785. The van der Waals surface area contributed by atoms with Crippen molar-refractivity contribution in [3.8, 4) is 0 Å². The second-order valence-corrected chi connectivity index (χ2v) is 9.37. The maximum Gasteiger partial charge on any atom is 0.311 e. The predicted molar refractivity (Wildman–Crippen MR) is 101 cm³/mol. The third-order valence-electron chi connectivity index (χ3n) is 5.83. The summed E-state index contributed by atoms with van der Waals surface area (Å²) in [6, 6.07) is 0. The van der Waals surface area contributed by atoms with Crippen LogP contribution >= 0.6 is 11.8 Å². The van der Waals surface area contributed by atoms with Crippen LogP contribution in [0.1, 0.15) is 52.9 Å². The third kappa shape index (κ3) is 3.23. The number of nitrogens with two attached hydrogens (primary N) is 1. The molecule has 0 radical (unpaired) electrons. The van der Waals surface area contributed by atoms with Gasteiger partial charge in [-0.25, -0.2) is 0 Å². The van der Waals surface area contributed by atoms with Crippen LogP contribution in [-0.4, -0.2) is 22.9 Å². The second kappa shape index (κ2) is 6.72. The van der Waals surface area contributed by atoms with E-state index in [9.17, 15) is 9.90 Å². The first-order chi connectivity index (χ1) is 11.4. The summed E-state index contributed by atoms with van der Waals surface area (Å²) >= 11 is 1.84. The molecular formula is C20H29NO2S. The molecule has 24 heavy (non-hydrogen) atoms. The molecule has 0 amide bonds. The van der Waals surface area contributed by atoms with Crippen molar-refractivity contribution in [2.75, 3.05) is 6.54 Å². The van der Waals surface area contributed by atoms with E-state index in [1.807, 2.05) is 11.8 Å². The second-order valence-electron chi connectivity index (χ2n) is 8.10. The topological polar surface area (TPSA) is 63.3 Å². The van der Waals surface area contributed by atoms with Gasteiger partial charge in [-0.2, -0.15) is 0 Å². The lowest BCUT2D eigenvalue weighted by Crippen LogP contribution is -2.32. The molecule has 0 fully saturated rings. The van der Waals surface area contributed by atoms with Gasteiger partial charge in [-0.1, -0.05) is 38.5 Å². The van der Waals surface area contributed by atoms with Gasteiger partial charge in [0.05, 0.1) is 5.92 Å². The maximum absolute atomic E-state index is 12.1. The molecule has 3 rings (SSSR count). The predicted octanol–water partition coefficient (Wildman–Crippen LogP) is 4.51. The molecule has 0 aromatic heterocycles. The van der Waals surface area contributed by atoms with E-state index < -0.39 is 5.97 Å².